The zero-order chi connectivity index (χ0) is 10.1. The van der Waals surface area contributed by atoms with Crippen LogP contribution in [0.3, 0.4) is 0 Å². The molecule has 1 rings (SSSR count). The minimum Gasteiger partial charge on any atom is -0.398 e. The number of alkyl halides is 4. The zero-order valence-corrected chi connectivity index (χ0v) is 6.48. The van der Waals surface area contributed by atoms with E-state index >= 15 is 0 Å². The molecule has 0 bridgehead atoms. The standard InChI is InChI=1S/C8H7F4N/c9-7(8(10,11)12)5-3-1-2-4-6(5)13/h1-4,7H,13H2. The van der Waals surface area contributed by atoms with Gasteiger partial charge < -0.3 is 5.73 Å². The van der Waals surface area contributed by atoms with Crippen LogP contribution in [0.25, 0.3) is 0 Å². The van der Waals surface area contributed by atoms with E-state index in [0.29, 0.717) is 0 Å². The first kappa shape index (κ1) is 9.83. The fraction of sp³-hybridized carbons (Fsp3) is 0.250. The van der Waals surface area contributed by atoms with E-state index in [-0.39, 0.29) is 5.69 Å². The van der Waals surface area contributed by atoms with Crippen molar-refractivity contribution in [2.45, 2.75) is 12.3 Å². The Morgan fingerprint density at radius 3 is 2.15 bits per heavy atom. The summed E-state index contributed by atoms with van der Waals surface area (Å²) in [4.78, 5) is 0. The van der Waals surface area contributed by atoms with Crippen LogP contribution in [0.15, 0.2) is 24.3 Å². The first-order valence-corrected chi connectivity index (χ1v) is 3.48. The summed E-state index contributed by atoms with van der Waals surface area (Å²) in [5.74, 6) is 0. The number of rotatable bonds is 1. The molecule has 1 atom stereocenters. The lowest BCUT2D eigenvalue weighted by atomic mass is 10.1. The molecule has 13 heavy (non-hydrogen) atoms. The Bertz CT molecular complexity index is 294. The second-order valence-corrected chi connectivity index (χ2v) is 2.53. The van der Waals surface area contributed by atoms with Crippen LogP contribution in [0.5, 0.6) is 0 Å². The summed E-state index contributed by atoms with van der Waals surface area (Å²) in [5.41, 5.74) is 4.46. The summed E-state index contributed by atoms with van der Waals surface area (Å²) in [6.07, 6.45) is -7.90. The van der Waals surface area contributed by atoms with Gasteiger partial charge in [0, 0.05) is 11.3 Å². The molecule has 1 nitrogen and oxygen atoms in total. The lowest BCUT2D eigenvalue weighted by Gasteiger charge is -2.13. The van der Waals surface area contributed by atoms with Gasteiger partial charge in [-0.25, -0.2) is 4.39 Å². The molecule has 72 valence electrons. The topological polar surface area (TPSA) is 26.0 Å². The number of nitrogens with two attached hydrogens (primary N) is 1. The molecule has 0 fully saturated rings. The van der Waals surface area contributed by atoms with E-state index in [2.05, 4.69) is 0 Å². The van der Waals surface area contributed by atoms with Crippen LogP contribution in [0.4, 0.5) is 23.2 Å². The van der Waals surface area contributed by atoms with Gasteiger partial charge in [-0.15, -0.1) is 0 Å². The second kappa shape index (κ2) is 3.24. The number of hydrogen-bond donors (Lipinski definition) is 1. The van der Waals surface area contributed by atoms with Gasteiger partial charge in [0.05, 0.1) is 0 Å². The van der Waals surface area contributed by atoms with Crippen molar-refractivity contribution in [1.29, 1.82) is 0 Å². The van der Waals surface area contributed by atoms with Crippen LogP contribution in [-0.2, 0) is 0 Å². The second-order valence-electron chi connectivity index (χ2n) is 2.53. The lowest BCUT2D eigenvalue weighted by molar-refractivity contribution is -0.182. The van der Waals surface area contributed by atoms with Gasteiger partial charge in [0.1, 0.15) is 0 Å². The number of benzene rings is 1. The molecular formula is C8H7F4N. The summed E-state index contributed by atoms with van der Waals surface area (Å²) in [6.45, 7) is 0. The molecule has 0 saturated heterocycles. The molecule has 0 aromatic heterocycles. The molecule has 0 heterocycles. The normalized spacial score (nSPS) is 14.2. The SMILES string of the molecule is Nc1ccccc1C(F)C(F)(F)F. The quantitative estimate of drug-likeness (QED) is 0.538. The molecule has 0 aliphatic carbocycles. The molecule has 0 saturated carbocycles. The number of anilines is 1. The fourth-order valence-corrected chi connectivity index (χ4v) is 0.918. The summed E-state index contributed by atoms with van der Waals surface area (Å²) < 4.78 is 48.4. The van der Waals surface area contributed by atoms with Gasteiger partial charge in [-0.3, -0.25) is 0 Å². The van der Waals surface area contributed by atoms with Gasteiger partial charge in [-0.05, 0) is 6.07 Å². The Kier molecular flexibility index (Phi) is 2.45. The summed E-state index contributed by atoms with van der Waals surface area (Å²) in [5, 5.41) is 0. The molecule has 0 amide bonds. The Hall–Kier alpha value is -1.26. The molecule has 0 radical (unpaired) electrons. The molecule has 0 aliphatic heterocycles. The van der Waals surface area contributed by atoms with Crippen LogP contribution in [0, 0.1) is 0 Å². The Balaban J connectivity index is 3.02. The Labute approximate surface area is 72.2 Å². The average molecular weight is 193 g/mol. The minimum atomic E-state index is -4.89. The van der Waals surface area contributed by atoms with E-state index in [1.165, 1.54) is 18.2 Å². The molecule has 0 aliphatic rings. The van der Waals surface area contributed by atoms with Gasteiger partial charge in [-0.1, -0.05) is 18.2 Å². The number of halogens is 4. The molecule has 2 N–H and O–H groups in total. The van der Waals surface area contributed by atoms with E-state index < -0.39 is 17.9 Å². The van der Waals surface area contributed by atoms with Crippen LogP contribution in [0.1, 0.15) is 11.7 Å². The number of nitrogen functional groups attached to an aromatic ring is 1. The summed E-state index contributed by atoms with van der Waals surface area (Å²) in [7, 11) is 0. The van der Waals surface area contributed by atoms with Crippen molar-refractivity contribution in [2.24, 2.45) is 0 Å². The van der Waals surface area contributed by atoms with Gasteiger partial charge in [-0.2, -0.15) is 13.2 Å². The first-order chi connectivity index (χ1) is 5.93. The summed E-state index contributed by atoms with van der Waals surface area (Å²) in [6, 6.07) is 5.01. The largest absolute Gasteiger partial charge is 0.424 e. The third-order valence-electron chi connectivity index (χ3n) is 1.56. The zero-order valence-electron chi connectivity index (χ0n) is 6.48. The monoisotopic (exact) mass is 193 g/mol. The van der Waals surface area contributed by atoms with Crippen molar-refractivity contribution in [3.8, 4) is 0 Å². The van der Waals surface area contributed by atoms with E-state index in [1.54, 1.807) is 0 Å². The van der Waals surface area contributed by atoms with Crippen molar-refractivity contribution < 1.29 is 17.6 Å². The smallest absolute Gasteiger partial charge is 0.398 e. The van der Waals surface area contributed by atoms with E-state index in [0.717, 1.165) is 6.07 Å². The maximum atomic E-state index is 12.7. The third kappa shape index (κ3) is 2.11. The minimum absolute atomic E-state index is 0.188. The van der Waals surface area contributed by atoms with Crippen molar-refractivity contribution in [3.63, 3.8) is 0 Å². The van der Waals surface area contributed by atoms with Crippen molar-refractivity contribution in [1.82, 2.24) is 0 Å². The molecule has 1 aromatic carbocycles. The first-order valence-electron chi connectivity index (χ1n) is 3.48. The molecule has 1 unspecified atom stereocenters. The molecular weight excluding hydrogens is 186 g/mol. The van der Waals surface area contributed by atoms with Crippen molar-refractivity contribution in [3.05, 3.63) is 29.8 Å². The predicted molar refractivity (Wildman–Crippen MR) is 40.8 cm³/mol. The highest BCUT2D eigenvalue weighted by Gasteiger charge is 2.42. The van der Waals surface area contributed by atoms with Gasteiger partial charge in [0.2, 0.25) is 6.17 Å². The van der Waals surface area contributed by atoms with Crippen LogP contribution in [0.2, 0.25) is 0 Å². The predicted octanol–water partition coefficient (Wildman–Crippen LogP) is 2.84. The van der Waals surface area contributed by atoms with Crippen LogP contribution < -0.4 is 5.73 Å². The van der Waals surface area contributed by atoms with E-state index in [9.17, 15) is 17.6 Å². The highest BCUT2D eigenvalue weighted by molar-refractivity contribution is 5.48. The van der Waals surface area contributed by atoms with Crippen molar-refractivity contribution >= 4 is 5.69 Å². The lowest BCUT2D eigenvalue weighted by Crippen LogP contribution is -2.17. The van der Waals surface area contributed by atoms with Crippen LogP contribution >= 0.6 is 0 Å². The third-order valence-corrected chi connectivity index (χ3v) is 1.56. The van der Waals surface area contributed by atoms with E-state index in [4.69, 9.17) is 5.73 Å². The number of hydrogen-bond acceptors (Lipinski definition) is 1. The highest BCUT2D eigenvalue weighted by Crippen LogP contribution is 2.37. The Morgan fingerprint density at radius 2 is 1.69 bits per heavy atom. The fourth-order valence-electron chi connectivity index (χ4n) is 0.918. The molecule has 5 heteroatoms. The highest BCUT2D eigenvalue weighted by atomic mass is 19.4. The van der Waals surface area contributed by atoms with Crippen LogP contribution in [-0.4, -0.2) is 6.18 Å². The Morgan fingerprint density at radius 1 is 1.15 bits per heavy atom. The number of para-hydroxylation sites is 1. The molecule has 0 spiro atoms. The van der Waals surface area contributed by atoms with Gasteiger partial charge in [0.25, 0.3) is 0 Å². The summed E-state index contributed by atoms with van der Waals surface area (Å²) >= 11 is 0. The van der Waals surface area contributed by atoms with Gasteiger partial charge >= 0.3 is 6.18 Å². The van der Waals surface area contributed by atoms with Gasteiger partial charge in [0.15, 0.2) is 0 Å². The average Bonchev–Trinajstić information content (AvgIpc) is 2.02. The van der Waals surface area contributed by atoms with E-state index in [1.807, 2.05) is 0 Å². The van der Waals surface area contributed by atoms with Crippen molar-refractivity contribution in [2.75, 3.05) is 5.73 Å². The maximum absolute atomic E-state index is 12.7. The molecule has 1 aromatic rings. The maximum Gasteiger partial charge on any atom is 0.424 e.